The highest BCUT2D eigenvalue weighted by atomic mass is 16.1. The minimum absolute atomic E-state index is 0.0638. The zero-order chi connectivity index (χ0) is 22.8. The molecule has 0 fully saturated rings. The SMILES string of the molecule is NC(=O)c1cccc2c(NCc3cccc(CC(=O)c4cccc5cc[nH]c45)c3)ncnc12. The lowest BCUT2D eigenvalue weighted by Gasteiger charge is -2.11. The maximum atomic E-state index is 13.0. The maximum Gasteiger partial charge on any atom is 0.250 e. The van der Waals surface area contributed by atoms with E-state index in [2.05, 4.69) is 20.3 Å². The van der Waals surface area contributed by atoms with E-state index in [0.717, 1.165) is 27.4 Å². The van der Waals surface area contributed by atoms with Crippen LogP contribution in [0.3, 0.4) is 0 Å². The van der Waals surface area contributed by atoms with Gasteiger partial charge in [0.15, 0.2) is 5.78 Å². The second-order valence-corrected chi connectivity index (χ2v) is 7.81. The lowest BCUT2D eigenvalue weighted by Crippen LogP contribution is -2.12. The second-order valence-electron chi connectivity index (χ2n) is 7.81. The van der Waals surface area contributed by atoms with Crippen LogP contribution in [-0.2, 0) is 13.0 Å². The van der Waals surface area contributed by atoms with Crippen LogP contribution in [0, 0.1) is 0 Å². The van der Waals surface area contributed by atoms with Gasteiger partial charge in [-0.1, -0.05) is 42.5 Å². The van der Waals surface area contributed by atoms with Gasteiger partial charge >= 0.3 is 0 Å². The van der Waals surface area contributed by atoms with Crippen molar-refractivity contribution >= 4 is 39.3 Å². The van der Waals surface area contributed by atoms with Crippen LogP contribution < -0.4 is 11.1 Å². The van der Waals surface area contributed by atoms with Crippen molar-refractivity contribution < 1.29 is 9.59 Å². The Bertz CT molecular complexity index is 1510. The number of hydrogen-bond donors (Lipinski definition) is 3. The minimum Gasteiger partial charge on any atom is -0.366 e. The van der Waals surface area contributed by atoms with Crippen molar-refractivity contribution in [3.8, 4) is 0 Å². The molecule has 0 atom stereocenters. The zero-order valence-corrected chi connectivity index (χ0v) is 17.7. The Hall–Kier alpha value is -4.52. The first-order valence-electron chi connectivity index (χ1n) is 10.5. The molecule has 7 nitrogen and oxygen atoms in total. The predicted octanol–water partition coefficient (Wildman–Crippen LogP) is 4.25. The summed E-state index contributed by atoms with van der Waals surface area (Å²) in [6.07, 6.45) is 3.56. The minimum atomic E-state index is -0.530. The van der Waals surface area contributed by atoms with Gasteiger partial charge in [0, 0.05) is 35.5 Å². The van der Waals surface area contributed by atoms with Crippen molar-refractivity contribution in [1.82, 2.24) is 15.0 Å². The maximum absolute atomic E-state index is 13.0. The molecule has 0 unspecified atom stereocenters. The van der Waals surface area contributed by atoms with Crippen LogP contribution in [0.2, 0.25) is 0 Å². The molecule has 0 aliphatic carbocycles. The van der Waals surface area contributed by atoms with E-state index in [4.69, 9.17) is 5.73 Å². The quantitative estimate of drug-likeness (QED) is 0.331. The molecule has 7 heteroatoms. The molecular formula is C26H21N5O2. The van der Waals surface area contributed by atoms with Gasteiger partial charge < -0.3 is 16.0 Å². The number of rotatable bonds is 7. The number of fused-ring (bicyclic) bond motifs is 2. The summed E-state index contributed by atoms with van der Waals surface area (Å²) >= 11 is 0. The van der Waals surface area contributed by atoms with E-state index in [1.165, 1.54) is 6.33 Å². The van der Waals surface area contributed by atoms with Crippen LogP contribution in [0.5, 0.6) is 0 Å². The largest absolute Gasteiger partial charge is 0.366 e. The van der Waals surface area contributed by atoms with Crippen LogP contribution >= 0.6 is 0 Å². The highest BCUT2D eigenvalue weighted by Gasteiger charge is 2.13. The van der Waals surface area contributed by atoms with Crippen molar-refractivity contribution in [1.29, 1.82) is 0 Å². The highest BCUT2D eigenvalue weighted by molar-refractivity contribution is 6.08. The Morgan fingerprint density at radius 3 is 2.58 bits per heavy atom. The molecule has 2 aromatic heterocycles. The topological polar surface area (TPSA) is 114 Å². The number of amides is 1. The fourth-order valence-corrected chi connectivity index (χ4v) is 4.06. The van der Waals surface area contributed by atoms with Gasteiger partial charge in [0.2, 0.25) is 0 Å². The fourth-order valence-electron chi connectivity index (χ4n) is 4.06. The van der Waals surface area contributed by atoms with E-state index < -0.39 is 5.91 Å². The average molecular weight is 435 g/mol. The number of carbonyl (C=O) groups is 2. The molecule has 1 amide bonds. The Balaban J connectivity index is 1.34. The first-order valence-corrected chi connectivity index (χ1v) is 10.5. The van der Waals surface area contributed by atoms with E-state index in [1.54, 1.807) is 12.1 Å². The molecule has 5 rings (SSSR count). The molecule has 2 heterocycles. The van der Waals surface area contributed by atoms with Gasteiger partial charge in [-0.05, 0) is 35.4 Å². The third kappa shape index (κ3) is 4.04. The second kappa shape index (κ2) is 8.55. The van der Waals surface area contributed by atoms with E-state index in [-0.39, 0.29) is 5.78 Å². The number of nitrogens with zero attached hydrogens (tertiary/aromatic N) is 2. The molecule has 162 valence electrons. The van der Waals surface area contributed by atoms with Crippen molar-refractivity contribution in [3.63, 3.8) is 0 Å². The van der Waals surface area contributed by atoms with Gasteiger partial charge in [-0.25, -0.2) is 9.97 Å². The number of H-pyrrole nitrogens is 1. The standard InChI is InChI=1S/C26H21N5O2/c27-25(33)20-8-3-9-21-24(20)30-15-31-26(21)29-14-17-5-1-4-16(12-17)13-22(32)19-7-2-6-18-10-11-28-23(18)19/h1-12,15,28H,13-14H2,(H2,27,33)(H,29,30,31). The Morgan fingerprint density at radius 1 is 0.909 bits per heavy atom. The number of hydrogen-bond acceptors (Lipinski definition) is 5. The molecule has 0 saturated carbocycles. The van der Waals surface area contributed by atoms with Gasteiger partial charge in [0.1, 0.15) is 12.1 Å². The van der Waals surface area contributed by atoms with Crippen molar-refractivity contribution in [2.45, 2.75) is 13.0 Å². The molecular weight excluding hydrogens is 414 g/mol. The van der Waals surface area contributed by atoms with E-state index in [1.807, 2.05) is 60.8 Å². The lowest BCUT2D eigenvalue weighted by atomic mass is 10.00. The normalized spacial score (nSPS) is 11.0. The van der Waals surface area contributed by atoms with Crippen LogP contribution in [0.15, 0.2) is 79.3 Å². The van der Waals surface area contributed by atoms with Crippen molar-refractivity contribution in [2.24, 2.45) is 5.73 Å². The first-order chi connectivity index (χ1) is 16.1. The van der Waals surface area contributed by atoms with Gasteiger partial charge in [0.05, 0.1) is 16.6 Å². The molecule has 0 radical (unpaired) electrons. The van der Waals surface area contributed by atoms with E-state index in [0.29, 0.717) is 35.4 Å². The molecule has 3 aromatic carbocycles. The average Bonchev–Trinajstić information content (AvgIpc) is 3.31. The molecule has 0 spiro atoms. The predicted molar refractivity (Wildman–Crippen MR) is 128 cm³/mol. The third-order valence-electron chi connectivity index (χ3n) is 5.63. The molecule has 0 aliphatic heterocycles. The van der Waals surface area contributed by atoms with Crippen molar-refractivity contribution in [3.05, 3.63) is 102 Å². The van der Waals surface area contributed by atoms with Crippen LogP contribution in [0.1, 0.15) is 31.8 Å². The molecule has 0 saturated heterocycles. The number of nitrogens with one attached hydrogen (secondary N) is 2. The molecule has 5 aromatic rings. The first kappa shape index (κ1) is 20.4. The highest BCUT2D eigenvalue weighted by Crippen LogP contribution is 2.23. The summed E-state index contributed by atoms with van der Waals surface area (Å²) in [6, 6.07) is 20.9. The van der Waals surface area contributed by atoms with E-state index >= 15 is 0 Å². The smallest absolute Gasteiger partial charge is 0.250 e. The van der Waals surface area contributed by atoms with Gasteiger partial charge in [-0.2, -0.15) is 0 Å². The summed E-state index contributed by atoms with van der Waals surface area (Å²) in [4.78, 5) is 36.4. The molecule has 0 aliphatic rings. The Kier molecular flexibility index (Phi) is 5.28. The molecule has 33 heavy (non-hydrogen) atoms. The number of benzene rings is 3. The monoisotopic (exact) mass is 435 g/mol. The molecule has 0 bridgehead atoms. The molecule has 4 N–H and O–H groups in total. The Labute approximate surface area is 189 Å². The number of nitrogens with two attached hydrogens (primary N) is 1. The number of anilines is 1. The summed E-state index contributed by atoms with van der Waals surface area (Å²) in [6.45, 7) is 0.501. The van der Waals surface area contributed by atoms with Gasteiger partial charge in [-0.3, -0.25) is 9.59 Å². The van der Waals surface area contributed by atoms with Crippen LogP contribution in [-0.4, -0.2) is 26.6 Å². The fraction of sp³-hybridized carbons (Fsp3) is 0.0769. The lowest BCUT2D eigenvalue weighted by molar-refractivity contribution is 0.0989. The van der Waals surface area contributed by atoms with Gasteiger partial charge in [-0.15, -0.1) is 0 Å². The number of carbonyl (C=O) groups excluding carboxylic acids is 2. The summed E-state index contributed by atoms with van der Waals surface area (Å²) in [5, 5.41) is 5.05. The Morgan fingerprint density at radius 2 is 1.70 bits per heavy atom. The van der Waals surface area contributed by atoms with Crippen LogP contribution in [0.25, 0.3) is 21.8 Å². The zero-order valence-electron chi connectivity index (χ0n) is 17.7. The van der Waals surface area contributed by atoms with Gasteiger partial charge in [0.25, 0.3) is 5.91 Å². The number of primary amides is 1. The number of Topliss-reactive ketones (excluding diaryl/α,β-unsaturated/α-hetero) is 1. The number of ketones is 1. The van der Waals surface area contributed by atoms with E-state index in [9.17, 15) is 9.59 Å². The number of para-hydroxylation sites is 2. The van der Waals surface area contributed by atoms with Crippen LogP contribution in [0.4, 0.5) is 5.82 Å². The van der Waals surface area contributed by atoms with Crippen molar-refractivity contribution in [2.75, 3.05) is 5.32 Å². The summed E-state index contributed by atoms with van der Waals surface area (Å²) < 4.78 is 0. The third-order valence-corrected chi connectivity index (χ3v) is 5.63. The number of aromatic amines is 1. The summed E-state index contributed by atoms with van der Waals surface area (Å²) in [5.41, 5.74) is 9.85. The number of aromatic nitrogens is 3. The summed E-state index contributed by atoms with van der Waals surface area (Å²) in [7, 11) is 0. The summed E-state index contributed by atoms with van der Waals surface area (Å²) in [5.74, 6) is 0.148.